The Morgan fingerprint density at radius 2 is 1.92 bits per heavy atom. The minimum Gasteiger partial charge on any atom is -0.465 e. The molecule has 0 heterocycles. The maximum absolute atomic E-state index is 14.2. The van der Waals surface area contributed by atoms with Crippen molar-refractivity contribution in [3.05, 3.63) is 64.2 Å². The van der Waals surface area contributed by atoms with Crippen molar-refractivity contribution in [1.82, 2.24) is 5.32 Å². The van der Waals surface area contributed by atoms with Gasteiger partial charge in [-0.25, -0.2) is 13.6 Å². The van der Waals surface area contributed by atoms with E-state index in [1.54, 1.807) is 6.07 Å². The molecule has 3 N–H and O–H groups in total. The quantitative estimate of drug-likeness (QED) is 0.784. The second kappa shape index (κ2) is 6.80. The number of anilines is 1. The number of nitrogens with zero attached hydrogens (tertiary/aromatic N) is 1. The minimum atomic E-state index is -1.27. The number of benzene rings is 2. The number of hydrogen-bond donors (Lipinski definition) is 3. The summed E-state index contributed by atoms with van der Waals surface area (Å²) in [6, 6.07) is 6.98. The van der Waals surface area contributed by atoms with E-state index in [1.807, 2.05) is 0 Å². The summed E-state index contributed by atoms with van der Waals surface area (Å²) in [6.07, 6.45) is -0.585. The number of carboxylic acid groups (broad SMARTS) is 1. The maximum Gasteiger partial charge on any atom is 0.405 e. The number of amides is 2. The fraction of sp³-hybridized carbons (Fsp3) is 0.167. The monoisotopic (exact) mass is 357 g/mol. The molecule has 6 nitrogen and oxygen atoms in total. The van der Waals surface area contributed by atoms with E-state index in [1.165, 1.54) is 18.2 Å². The van der Waals surface area contributed by atoms with Gasteiger partial charge in [0.25, 0.3) is 5.91 Å². The number of hydrogen-bond acceptors (Lipinski definition) is 3. The molecule has 0 unspecified atom stereocenters. The molecule has 2 aromatic rings. The van der Waals surface area contributed by atoms with Crippen LogP contribution in [-0.4, -0.2) is 17.1 Å². The molecule has 0 radical (unpaired) electrons. The van der Waals surface area contributed by atoms with Gasteiger partial charge in [0, 0.05) is 16.8 Å². The van der Waals surface area contributed by atoms with E-state index < -0.39 is 29.7 Å². The molecule has 2 amide bonds. The van der Waals surface area contributed by atoms with Gasteiger partial charge < -0.3 is 15.7 Å². The zero-order valence-corrected chi connectivity index (χ0v) is 13.3. The Kier molecular flexibility index (Phi) is 4.54. The van der Waals surface area contributed by atoms with E-state index in [2.05, 4.69) is 10.6 Å². The van der Waals surface area contributed by atoms with Crippen LogP contribution < -0.4 is 10.6 Å². The second-order valence-electron chi connectivity index (χ2n) is 5.79. The highest BCUT2D eigenvalue weighted by Gasteiger charge is 2.31. The number of halogens is 2. The fourth-order valence-corrected chi connectivity index (χ4v) is 3.11. The van der Waals surface area contributed by atoms with Crippen molar-refractivity contribution in [3.8, 4) is 6.07 Å². The van der Waals surface area contributed by atoms with Crippen LogP contribution in [0, 0.1) is 23.0 Å². The van der Waals surface area contributed by atoms with Crippen molar-refractivity contribution in [3.63, 3.8) is 0 Å². The molecule has 0 saturated heterocycles. The van der Waals surface area contributed by atoms with Gasteiger partial charge in [0.05, 0.1) is 11.6 Å². The molecule has 0 bridgehead atoms. The van der Waals surface area contributed by atoms with Gasteiger partial charge in [-0.3, -0.25) is 4.79 Å². The Morgan fingerprint density at radius 3 is 2.62 bits per heavy atom. The molecule has 26 heavy (non-hydrogen) atoms. The van der Waals surface area contributed by atoms with Crippen LogP contribution in [0.4, 0.5) is 19.3 Å². The van der Waals surface area contributed by atoms with E-state index in [0.717, 1.165) is 12.1 Å². The Hall–Kier alpha value is -3.47. The Morgan fingerprint density at radius 1 is 1.19 bits per heavy atom. The summed E-state index contributed by atoms with van der Waals surface area (Å²) >= 11 is 0. The SMILES string of the molecule is N#Cc1cc(NC(=O)c2ccc(F)c3c2CC[C@@H]3NC(=O)O)ccc1F. The summed E-state index contributed by atoms with van der Waals surface area (Å²) in [5.41, 5.74) is 0.821. The highest BCUT2D eigenvalue weighted by molar-refractivity contribution is 6.05. The van der Waals surface area contributed by atoms with Crippen molar-refractivity contribution in [2.45, 2.75) is 18.9 Å². The highest BCUT2D eigenvalue weighted by Crippen LogP contribution is 2.35. The van der Waals surface area contributed by atoms with Crippen molar-refractivity contribution in [1.29, 1.82) is 5.26 Å². The molecule has 1 atom stereocenters. The van der Waals surface area contributed by atoms with Crippen molar-refractivity contribution in [2.75, 3.05) is 5.32 Å². The third kappa shape index (κ3) is 3.19. The Labute approximate surface area is 147 Å². The zero-order chi connectivity index (χ0) is 18.8. The largest absolute Gasteiger partial charge is 0.465 e. The lowest BCUT2D eigenvalue weighted by atomic mass is 10.0. The summed E-state index contributed by atoms with van der Waals surface area (Å²) in [5.74, 6) is -1.83. The Bertz CT molecular complexity index is 953. The van der Waals surface area contributed by atoms with Gasteiger partial charge in [0.15, 0.2) is 0 Å². The van der Waals surface area contributed by atoms with Gasteiger partial charge in [-0.2, -0.15) is 5.26 Å². The van der Waals surface area contributed by atoms with Gasteiger partial charge >= 0.3 is 6.09 Å². The molecule has 2 aromatic carbocycles. The van der Waals surface area contributed by atoms with Gasteiger partial charge in [0.2, 0.25) is 0 Å². The Balaban J connectivity index is 1.91. The second-order valence-corrected chi connectivity index (χ2v) is 5.79. The van der Waals surface area contributed by atoms with Crippen molar-refractivity contribution >= 4 is 17.7 Å². The first-order valence-corrected chi connectivity index (χ1v) is 7.72. The molecule has 132 valence electrons. The normalized spacial score (nSPS) is 15.0. The molecular formula is C18H13F2N3O3. The van der Waals surface area contributed by atoms with E-state index in [4.69, 9.17) is 10.4 Å². The van der Waals surface area contributed by atoms with E-state index in [-0.39, 0.29) is 22.4 Å². The smallest absolute Gasteiger partial charge is 0.405 e. The standard InChI is InChI=1S/C18H13F2N3O3/c19-13-4-1-10(7-9(13)8-21)22-17(24)12-2-5-14(20)16-11(12)3-6-15(16)23-18(25)26/h1-2,4-5,7,15,23H,3,6H2,(H,22,24)(H,25,26)/t15-/m0/s1. The number of fused-ring (bicyclic) bond motifs is 1. The molecule has 1 aliphatic rings. The van der Waals surface area contributed by atoms with Crippen molar-refractivity contribution < 1.29 is 23.5 Å². The van der Waals surface area contributed by atoms with E-state index >= 15 is 0 Å². The van der Waals surface area contributed by atoms with Crippen LogP contribution in [0.1, 0.15) is 39.5 Å². The van der Waals surface area contributed by atoms with Crippen LogP contribution >= 0.6 is 0 Å². The van der Waals surface area contributed by atoms with E-state index in [0.29, 0.717) is 18.4 Å². The highest BCUT2D eigenvalue weighted by atomic mass is 19.1. The summed E-state index contributed by atoms with van der Waals surface area (Å²) in [5, 5.41) is 22.5. The molecule has 0 aromatic heterocycles. The van der Waals surface area contributed by atoms with Crippen LogP contribution in [0.25, 0.3) is 0 Å². The van der Waals surface area contributed by atoms with Crippen LogP contribution in [0.5, 0.6) is 0 Å². The number of carbonyl (C=O) groups is 2. The molecular weight excluding hydrogens is 344 g/mol. The van der Waals surface area contributed by atoms with Crippen LogP contribution in [0.2, 0.25) is 0 Å². The molecule has 0 fully saturated rings. The maximum atomic E-state index is 14.2. The topological polar surface area (TPSA) is 102 Å². The van der Waals surface area contributed by atoms with Crippen LogP contribution in [0.15, 0.2) is 30.3 Å². The zero-order valence-electron chi connectivity index (χ0n) is 13.3. The third-order valence-corrected chi connectivity index (χ3v) is 4.22. The third-order valence-electron chi connectivity index (χ3n) is 4.22. The summed E-state index contributed by atoms with van der Waals surface area (Å²) in [4.78, 5) is 23.4. The first-order chi connectivity index (χ1) is 12.4. The average molecular weight is 357 g/mol. The number of carbonyl (C=O) groups excluding carboxylic acids is 1. The summed E-state index contributed by atoms with van der Waals surface area (Å²) < 4.78 is 27.5. The fourth-order valence-electron chi connectivity index (χ4n) is 3.11. The average Bonchev–Trinajstić information content (AvgIpc) is 3.00. The predicted molar refractivity (Wildman–Crippen MR) is 87.7 cm³/mol. The first kappa shape index (κ1) is 17.4. The molecule has 0 saturated carbocycles. The lowest BCUT2D eigenvalue weighted by Gasteiger charge is -2.14. The number of nitrogens with one attached hydrogen (secondary N) is 2. The predicted octanol–water partition coefficient (Wildman–Crippen LogP) is 3.34. The molecule has 3 rings (SSSR count). The molecule has 1 aliphatic carbocycles. The van der Waals surface area contributed by atoms with Crippen LogP contribution in [0.3, 0.4) is 0 Å². The summed E-state index contributed by atoms with van der Waals surface area (Å²) in [7, 11) is 0. The lowest BCUT2D eigenvalue weighted by molar-refractivity contribution is 0.102. The first-order valence-electron chi connectivity index (χ1n) is 7.72. The summed E-state index contributed by atoms with van der Waals surface area (Å²) in [6.45, 7) is 0. The number of rotatable bonds is 3. The van der Waals surface area contributed by atoms with Gasteiger partial charge in [-0.15, -0.1) is 0 Å². The van der Waals surface area contributed by atoms with Gasteiger partial charge in [-0.05, 0) is 48.7 Å². The van der Waals surface area contributed by atoms with E-state index in [9.17, 15) is 18.4 Å². The molecule has 8 heteroatoms. The molecule has 0 aliphatic heterocycles. The molecule has 0 spiro atoms. The van der Waals surface area contributed by atoms with Gasteiger partial charge in [0.1, 0.15) is 17.7 Å². The van der Waals surface area contributed by atoms with Crippen LogP contribution in [-0.2, 0) is 6.42 Å². The van der Waals surface area contributed by atoms with Crippen molar-refractivity contribution in [2.24, 2.45) is 0 Å². The lowest BCUT2D eigenvalue weighted by Crippen LogP contribution is -2.25. The minimum absolute atomic E-state index is 0.164. The number of nitriles is 1. The van der Waals surface area contributed by atoms with Gasteiger partial charge in [-0.1, -0.05) is 0 Å².